The van der Waals surface area contributed by atoms with Gasteiger partial charge >= 0.3 is 0 Å². The van der Waals surface area contributed by atoms with Crippen LogP contribution in [0.2, 0.25) is 0 Å². The highest BCUT2D eigenvalue weighted by atomic mass is 32.1. The quantitative estimate of drug-likeness (QED) is 0.703. The number of thiophene rings is 1. The van der Waals surface area contributed by atoms with E-state index in [4.69, 9.17) is 0 Å². The number of carbonyl (C=O) groups excluding carboxylic acids is 1. The number of hydrogen-bond donors (Lipinski definition) is 2. The molecule has 1 N–H and O–H groups in total. The minimum absolute atomic E-state index is 0.136. The highest BCUT2D eigenvalue weighted by Crippen LogP contribution is 2.23. The van der Waals surface area contributed by atoms with Crippen molar-refractivity contribution in [3.05, 3.63) is 52.9 Å². The minimum Gasteiger partial charge on any atom is -0.319 e. The van der Waals surface area contributed by atoms with E-state index in [1.807, 2.05) is 35.7 Å². The summed E-state index contributed by atoms with van der Waals surface area (Å²) < 4.78 is 0. The standard InChI is InChI=1S/C14H10N2OS2/c17-14(12-7-10(18)8-19-12)16-11-5-1-3-9-4-2-6-15-13(9)11/h1-8,18H,(H,16,17). The van der Waals surface area contributed by atoms with Crippen molar-refractivity contribution in [2.45, 2.75) is 4.90 Å². The molecule has 0 aliphatic rings. The Bertz CT molecular complexity index is 747. The van der Waals surface area contributed by atoms with Crippen molar-refractivity contribution in [2.24, 2.45) is 0 Å². The van der Waals surface area contributed by atoms with Crippen molar-refractivity contribution in [1.82, 2.24) is 4.98 Å². The third-order valence-corrected chi connectivity index (χ3v) is 4.05. The van der Waals surface area contributed by atoms with Crippen LogP contribution < -0.4 is 5.32 Å². The van der Waals surface area contributed by atoms with Crippen molar-refractivity contribution >= 4 is 46.5 Å². The molecule has 3 rings (SSSR count). The summed E-state index contributed by atoms with van der Waals surface area (Å²) in [5.41, 5.74) is 1.51. The van der Waals surface area contributed by atoms with Crippen molar-refractivity contribution < 1.29 is 4.79 Å². The second-order valence-corrected chi connectivity index (χ2v) is 5.43. The lowest BCUT2D eigenvalue weighted by Gasteiger charge is -2.06. The van der Waals surface area contributed by atoms with E-state index in [-0.39, 0.29) is 5.91 Å². The molecule has 3 nitrogen and oxygen atoms in total. The lowest BCUT2D eigenvalue weighted by atomic mass is 10.2. The van der Waals surface area contributed by atoms with Crippen LogP contribution in [0.4, 0.5) is 5.69 Å². The Balaban J connectivity index is 1.95. The maximum Gasteiger partial charge on any atom is 0.265 e. The van der Waals surface area contributed by atoms with Gasteiger partial charge in [0, 0.05) is 21.9 Å². The van der Waals surface area contributed by atoms with Gasteiger partial charge in [0.25, 0.3) is 5.91 Å². The van der Waals surface area contributed by atoms with Gasteiger partial charge < -0.3 is 5.32 Å². The minimum atomic E-state index is -0.136. The topological polar surface area (TPSA) is 42.0 Å². The van der Waals surface area contributed by atoms with E-state index in [2.05, 4.69) is 22.9 Å². The van der Waals surface area contributed by atoms with Crippen molar-refractivity contribution in [1.29, 1.82) is 0 Å². The molecule has 0 radical (unpaired) electrons. The Hall–Kier alpha value is -1.85. The molecule has 0 unspecified atom stereocenters. The number of amides is 1. The molecule has 1 amide bonds. The van der Waals surface area contributed by atoms with Crippen LogP contribution in [0.3, 0.4) is 0 Å². The number of fused-ring (bicyclic) bond motifs is 1. The van der Waals surface area contributed by atoms with Gasteiger partial charge in [-0.05, 0) is 18.2 Å². The fourth-order valence-corrected chi connectivity index (χ4v) is 2.88. The summed E-state index contributed by atoms with van der Waals surface area (Å²) in [6, 6.07) is 11.3. The molecule has 2 heterocycles. The number of rotatable bonds is 2. The molecule has 19 heavy (non-hydrogen) atoms. The van der Waals surface area contributed by atoms with Crippen LogP contribution in [0.5, 0.6) is 0 Å². The number of para-hydroxylation sites is 1. The number of nitrogens with one attached hydrogen (secondary N) is 1. The van der Waals surface area contributed by atoms with E-state index >= 15 is 0 Å². The Labute approximate surface area is 119 Å². The number of aromatic nitrogens is 1. The first kappa shape index (κ1) is 12.2. The van der Waals surface area contributed by atoms with Gasteiger partial charge in [-0.2, -0.15) is 0 Å². The van der Waals surface area contributed by atoms with Crippen LogP contribution in [-0.2, 0) is 0 Å². The molecule has 0 bridgehead atoms. The first-order valence-electron chi connectivity index (χ1n) is 5.66. The fourth-order valence-electron chi connectivity index (χ4n) is 1.83. The molecule has 2 aromatic heterocycles. The zero-order valence-electron chi connectivity index (χ0n) is 9.83. The van der Waals surface area contributed by atoms with E-state index < -0.39 is 0 Å². The Morgan fingerprint density at radius 1 is 1.26 bits per heavy atom. The number of anilines is 1. The Morgan fingerprint density at radius 2 is 2.11 bits per heavy atom. The lowest BCUT2D eigenvalue weighted by molar-refractivity contribution is 0.103. The van der Waals surface area contributed by atoms with E-state index in [1.165, 1.54) is 11.3 Å². The molecule has 0 saturated heterocycles. The third kappa shape index (κ3) is 2.47. The van der Waals surface area contributed by atoms with E-state index in [0.717, 1.165) is 21.5 Å². The molecule has 5 heteroatoms. The van der Waals surface area contributed by atoms with Crippen LogP contribution in [0, 0.1) is 0 Å². The molecule has 0 spiro atoms. The summed E-state index contributed by atoms with van der Waals surface area (Å²) in [7, 11) is 0. The normalized spacial score (nSPS) is 10.6. The van der Waals surface area contributed by atoms with Gasteiger partial charge in [-0.25, -0.2) is 0 Å². The number of nitrogens with zero attached hydrogens (tertiary/aromatic N) is 1. The predicted octanol–water partition coefficient (Wildman–Crippen LogP) is 3.84. The zero-order valence-corrected chi connectivity index (χ0v) is 11.5. The number of hydrogen-bond acceptors (Lipinski definition) is 4. The van der Waals surface area contributed by atoms with Crippen LogP contribution in [0.15, 0.2) is 52.9 Å². The largest absolute Gasteiger partial charge is 0.319 e. The monoisotopic (exact) mass is 286 g/mol. The molecule has 0 atom stereocenters. The van der Waals surface area contributed by atoms with Crippen molar-refractivity contribution in [3.63, 3.8) is 0 Å². The average Bonchev–Trinajstić information content (AvgIpc) is 2.86. The Morgan fingerprint density at radius 3 is 2.89 bits per heavy atom. The second-order valence-electron chi connectivity index (χ2n) is 4.00. The van der Waals surface area contributed by atoms with E-state index in [1.54, 1.807) is 12.3 Å². The lowest BCUT2D eigenvalue weighted by Crippen LogP contribution is -2.10. The molecule has 0 fully saturated rings. The summed E-state index contributed by atoms with van der Waals surface area (Å²) in [6.07, 6.45) is 1.72. The van der Waals surface area contributed by atoms with Crippen LogP contribution in [0.1, 0.15) is 9.67 Å². The van der Waals surface area contributed by atoms with E-state index in [9.17, 15) is 4.79 Å². The van der Waals surface area contributed by atoms with Gasteiger partial charge in [-0.15, -0.1) is 24.0 Å². The molecule has 94 valence electrons. The third-order valence-electron chi connectivity index (χ3n) is 2.69. The highest BCUT2D eigenvalue weighted by Gasteiger charge is 2.10. The van der Waals surface area contributed by atoms with Gasteiger partial charge in [-0.3, -0.25) is 9.78 Å². The van der Waals surface area contributed by atoms with Gasteiger partial charge in [0.15, 0.2) is 0 Å². The SMILES string of the molecule is O=C(Nc1cccc2cccnc12)c1cc(S)cs1. The summed E-state index contributed by atoms with van der Waals surface area (Å²) in [5.74, 6) is -0.136. The smallest absolute Gasteiger partial charge is 0.265 e. The van der Waals surface area contributed by atoms with E-state index in [0.29, 0.717) is 4.88 Å². The second kappa shape index (κ2) is 5.03. The van der Waals surface area contributed by atoms with Crippen LogP contribution in [-0.4, -0.2) is 10.9 Å². The summed E-state index contributed by atoms with van der Waals surface area (Å²) in [4.78, 5) is 17.8. The maximum absolute atomic E-state index is 12.1. The van der Waals surface area contributed by atoms with Crippen molar-refractivity contribution in [2.75, 3.05) is 5.32 Å². The Kier molecular flexibility index (Phi) is 3.23. The van der Waals surface area contributed by atoms with Gasteiger partial charge in [0.05, 0.1) is 16.1 Å². The van der Waals surface area contributed by atoms with Gasteiger partial charge in [-0.1, -0.05) is 18.2 Å². The molecule has 1 aromatic carbocycles. The molecule has 0 aliphatic carbocycles. The average molecular weight is 286 g/mol. The first-order valence-corrected chi connectivity index (χ1v) is 6.99. The number of thiol groups is 1. The molecule has 0 saturated carbocycles. The molecule has 3 aromatic rings. The van der Waals surface area contributed by atoms with Gasteiger partial charge in [0.2, 0.25) is 0 Å². The number of pyridine rings is 1. The first-order chi connectivity index (χ1) is 9.24. The van der Waals surface area contributed by atoms with Crippen molar-refractivity contribution in [3.8, 4) is 0 Å². The summed E-state index contributed by atoms with van der Waals surface area (Å²) in [5, 5.41) is 5.72. The fraction of sp³-hybridized carbons (Fsp3) is 0. The predicted molar refractivity (Wildman–Crippen MR) is 81.3 cm³/mol. The van der Waals surface area contributed by atoms with Gasteiger partial charge in [0.1, 0.15) is 0 Å². The number of benzene rings is 1. The van der Waals surface area contributed by atoms with Crippen LogP contribution in [0.25, 0.3) is 10.9 Å². The summed E-state index contributed by atoms with van der Waals surface area (Å²) >= 11 is 5.58. The van der Waals surface area contributed by atoms with Crippen LogP contribution >= 0.6 is 24.0 Å². The summed E-state index contributed by atoms with van der Waals surface area (Å²) in [6.45, 7) is 0. The molecular formula is C14H10N2OS2. The molecule has 0 aliphatic heterocycles. The maximum atomic E-state index is 12.1. The zero-order chi connectivity index (χ0) is 13.2. The molecular weight excluding hydrogens is 276 g/mol. The number of carbonyl (C=O) groups is 1. The highest BCUT2D eigenvalue weighted by molar-refractivity contribution is 7.80.